The smallest absolute Gasteiger partial charge is 0.219 e. The van der Waals surface area contributed by atoms with E-state index in [0.717, 1.165) is 37.7 Å². The van der Waals surface area contributed by atoms with Crippen LogP contribution in [0, 0.1) is 11.7 Å². The molecular weight excluding hydrogens is 474 g/mol. The summed E-state index contributed by atoms with van der Waals surface area (Å²) in [7, 11) is 3.81. The third-order valence-electron chi connectivity index (χ3n) is 4.41. The molecule has 0 spiro atoms. The van der Waals surface area contributed by atoms with E-state index in [1.165, 1.54) is 12.1 Å². The molecule has 0 amide bonds. The van der Waals surface area contributed by atoms with Crippen molar-refractivity contribution in [3.63, 3.8) is 0 Å². The zero-order valence-electron chi connectivity index (χ0n) is 16.1. The largest absolute Gasteiger partial charge is 0.439 e. The highest BCUT2D eigenvalue weighted by atomic mass is 127. The number of benzene rings is 1. The van der Waals surface area contributed by atoms with Gasteiger partial charge in [-0.1, -0.05) is 6.07 Å². The molecule has 0 radical (unpaired) electrons. The normalized spacial score (nSPS) is 16.4. The van der Waals surface area contributed by atoms with Crippen LogP contribution in [0.25, 0.3) is 0 Å². The predicted octanol–water partition coefficient (Wildman–Crippen LogP) is 3.67. The van der Waals surface area contributed by atoms with E-state index in [1.807, 2.05) is 13.1 Å². The van der Waals surface area contributed by atoms with E-state index in [4.69, 9.17) is 9.47 Å². The first-order valence-electron chi connectivity index (χ1n) is 9.02. The summed E-state index contributed by atoms with van der Waals surface area (Å²) in [6.45, 7) is 3.20. The van der Waals surface area contributed by atoms with Gasteiger partial charge in [-0.25, -0.2) is 9.37 Å². The first-order valence-corrected chi connectivity index (χ1v) is 9.02. The van der Waals surface area contributed by atoms with Crippen LogP contribution in [-0.2, 0) is 11.3 Å². The van der Waals surface area contributed by atoms with Crippen molar-refractivity contribution in [2.45, 2.75) is 13.0 Å². The molecule has 3 rings (SSSR count). The molecular formula is C20H26FIN4O2. The molecule has 1 unspecified atom stereocenters. The van der Waals surface area contributed by atoms with Crippen molar-refractivity contribution < 1.29 is 13.9 Å². The number of pyridine rings is 1. The summed E-state index contributed by atoms with van der Waals surface area (Å²) in [5.41, 5.74) is 1.01. The van der Waals surface area contributed by atoms with Gasteiger partial charge >= 0.3 is 0 Å². The second kappa shape index (κ2) is 11.2. The van der Waals surface area contributed by atoms with Gasteiger partial charge in [-0.15, -0.1) is 24.0 Å². The number of ether oxygens (including phenoxy) is 2. The minimum Gasteiger partial charge on any atom is -0.439 e. The van der Waals surface area contributed by atoms with Crippen LogP contribution in [0.5, 0.6) is 11.6 Å². The van der Waals surface area contributed by atoms with Crippen molar-refractivity contribution >= 4 is 29.9 Å². The Balaban J connectivity index is 0.00000280. The fourth-order valence-electron chi connectivity index (χ4n) is 2.97. The number of rotatable bonds is 6. The van der Waals surface area contributed by atoms with Crippen LogP contribution in [0.3, 0.4) is 0 Å². The molecule has 1 aliphatic heterocycles. The third kappa shape index (κ3) is 6.59. The Morgan fingerprint density at radius 2 is 2.11 bits per heavy atom. The molecule has 1 fully saturated rings. The summed E-state index contributed by atoms with van der Waals surface area (Å²) in [4.78, 5) is 10.8. The Hall–Kier alpha value is -1.94. The van der Waals surface area contributed by atoms with Crippen molar-refractivity contribution in [2.24, 2.45) is 10.9 Å². The molecule has 0 aliphatic carbocycles. The van der Waals surface area contributed by atoms with E-state index in [0.29, 0.717) is 24.1 Å². The van der Waals surface area contributed by atoms with Gasteiger partial charge < -0.3 is 19.7 Å². The monoisotopic (exact) mass is 500 g/mol. The number of nitrogens with one attached hydrogen (secondary N) is 1. The number of guanidine groups is 1. The molecule has 2 heterocycles. The number of hydrogen-bond acceptors (Lipinski definition) is 4. The molecule has 1 aliphatic rings. The van der Waals surface area contributed by atoms with Crippen LogP contribution in [0.4, 0.5) is 4.39 Å². The lowest BCUT2D eigenvalue weighted by Crippen LogP contribution is -2.41. The molecule has 152 valence electrons. The van der Waals surface area contributed by atoms with E-state index in [-0.39, 0.29) is 29.8 Å². The van der Waals surface area contributed by atoms with Crippen molar-refractivity contribution in [2.75, 3.05) is 33.9 Å². The second-order valence-corrected chi connectivity index (χ2v) is 6.57. The van der Waals surface area contributed by atoms with E-state index in [1.54, 1.807) is 31.4 Å². The van der Waals surface area contributed by atoms with Crippen molar-refractivity contribution in [3.8, 4) is 11.6 Å². The molecule has 28 heavy (non-hydrogen) atoms. The molecule has 8 heteroatoms. The van der Waals surface area contributed by atoms with Crippen LogP contribution in [-0.4, -0.2) is 49.7 Å². The molecule has 6 nitrogen and oxygen atoms in total. The zero-order valence-corrected chi connectivity index (χ0v) is 18.4. The average molecular weight is 500 g/mol. The number of aliphatic imine (C=N–C) groups is 1. The van der Waals surface area contributed by atoms with Gasteiger partial charge in [0, 0.05) is 52.0 Å². The molecule has 1 atom stereocenters. The maximum atomic E-state index is 12.9. The quantitative estimate of drug-likeness (QED) is 0.373. The minimum absolute atomic E-state index is 0. The number of aromatic nitrogens is 1. The maximum Gasteiger partial charge on any atom is 0.219 e. The lowest BCUT2D eigenvalue weighted by molar-refractivity contribution is 0.181. The number of hydrogen-bond donors (Lipinski definition) is 1. The molecule has 1 N–H and O–H groups in total. The fraction of sp³-hybridized carbons (Fsp3) is 0.400. The highest BCUT2D eigenvalue weighted by molar-refractivity contribution is 14.0. The predicted molar refractivity (Wildman–Crippen MR) is 118 cm³/mol. The van der Waals surface area contributed by atoms with Crippen molar-refractivity contribution in [1.82, 2.24) is 15.2 Å². The molecule has 2 aromatic rings. The molecule has 1 aromatic carbocycles. The summed E-state index contributed by atoms with van der Waals surface area (Å²) in [6.07, 6.45) is 2.85. The first kappa shape index (κ1) is 22.4. The number of halogens is 2. The zero-order chi connectivity index (χ0) is 19.1. The van der Waals surface area contributed by atoms with Crippen molar-refractivity contribution in [3.05, 3.63) is 54.0 Å². The van der Waals surface area contributed by atoms with Gasteiger partial charge in [0.25, 0.3) is 0 Å². The lowest BCUT2D eigenvalue weighted by Gasteiger charge is -2.24. The van der Waals surface area contributed by atoms with E-state index in [2.05, 4.69) is 20.2 Å². The Labute approximate surface area is 182 Å². The van der Waals surface area contributed by atoms with Crippen LogP contribution < -0.4 is 10.1 Å². The standard InChI is InChI=1S/C20H25FN4O2.HI/c1-22-20(25(2)13-16-9-10-26-14-16)24-12-15-3-8-19(23-11-15)27-18-6-4-17(21)5-7-18;/h3-8,11,16H,9-10,12-14H2,1-2H3,(H,22,24);1H. The molecule has 0 bridgehead atoms. The summed E-state index contributed by atoms with van der Waals surface area (Å²) >= 11 is 0. The Morgan fingerprint density at radius 1 is 1.32 bits per heavy atom. The van der Waals surface area contributed by atoms with Gasteiger partial charge in [0.1, 0.15) is 11.6 Å². The van der Waals surface area contributed by atoms with Crippen molar-refractivity contribution in [1.29, 1.82) is 0 Å². The van der Waals surface area contributed by atoms with E-state index >= 15 is 0 Å². The van der Waals surface area contributed by atoms with Crippen LogP contribution >= 0.6 is 24.0 Å². The van der Waals surface area contributed by atoms with Gasteiger partial charge in [-0.3, -0.25) is 4.99 Å². The Morgan fingerprint density at radius 3 is 2.71 bits per heavy atom. The summed E-state index contributed by atoms with van der Waals surface area (Å²) in [5.74, 6) is 2.11. The van der Waals surface area contributed by atoms with Gasteiger partial charge in [-0.2, -0.15) is 0 Å². The van der Waals surface area contributed by atoms with Gasteiger partial charge in [0.05, 0.1) is 6.61 Å². The fourth-order valence-corrected chi connectivity index (χ4v) is 2.97. The van der Waals surface area contributed by atoms with Gasteiger partial charge in [0.15, 0.2) is 5.96 Å². The highest BCUT2D eigenvalue weighted by Gasteiger charge is 2.19. The SMILES string of the molecule is CN=C(NCc1ccc(Oc2ccc(F)cc2)nc1)N(C)CC1CCOC1.I. The van der Waals surface area contributed by atoms with Crippen LogP contribution in [0.15, 0.2) is 47.6 Å². The molecule has 1 saturated heterocycles. The second-order valence-electron chi connectivity index (χ2n) is 6.57. The lowest BCUT2D eigenvalue weighted by atomic mass is 10.1. The highest BCUT2D eigenvalue weighted by Crippen LogP contribution is 2.19. The summed E-state index contributed by atoms with van der Waals surface area (Å²) in [6, 6.07) is 9.59. The van der Waals surface area contributed by atoms with Gasteiger partial charge in [0.2, 0.25) is 5.88 Å². The van der Waals surface area contributed by atoms with E-state index < -0.39 is 0 Å². The van der Waals surface area contributed by atoms with Crippen LogP contribution in [0.1, 0.15) is 12.0 Å². The summed E-state index contributed by atoms with van der Waals surface area (Å²) < 4.78 is 24.0. The van der Waals surface area contributed by atoms with Gasteiger partial charge in [-0.05, 0) is 36.2 Å². The Bertz CT molecular complexity index is 750. The number of nitrogens with zero attached hydrogens (tertiary/aromatic N) is 3. The minimum atomic E-state index is -0.296. The first-order chi connectivity index (χ1) is 13.1. The topological polar surface area (TPSA) is 59.0 Å². The van der Waals surface area contributed by atoms with Crippen LogP contribution in [0.2, 0.25) is 0 Å². The summed E-state index contributed by atoms with van der Waals surface area (Å²) in [5, 5.41) is 3.35. The third-order valence-corrected chi connectivity index (χ3v) is 4.41. The molecule has 0 saturated carbocycles. The van der Waals surface area contributed by atoms with E-state index in [9.17, 15) is 4.39 Å². The maximum absolute atomic E-state index is 12.9. The molecule has 1 aromatic heterocycles. The average Bonchev–Trinajstić information content (AvgIpc) is 3.18. The Kier molecular flexibility index (Phi) is 8.91.